The van der Waals surface area contributed by atoms with E-state index < -0.39 is 0 Å². The average molecular weight is 430 g/mol. The first-order valence-electron chi connectivity index (χ1n) is 9.95. The SMILES string of the molecule is COc1cccc([C@@H]2c3c(-c4ccc(C)cc4)n[nH]c3C(=O)N2c2ccc(Cl)cc2)c1. The number of aryl methyl sites for hydroxylation is 1. The van der Waals surface area contributed by atoms with Crippen LogP contribution in [0.4, 0.5) is 5.69 Å². The Balaban J connectivity index is 1.72. The molecular formula is C25H20ClN3O2. The number of H-pyrrole nitrogens is 1. The fourth-order valence-corrected chi connectivity index (χ4v) is 4.20. The number of amides is 1. The Kier molecular flexibility index (Phi) is 4.75. The summed E-state index contributed by atoms with van der Waals surface area (Å²) in [5.74, 6) is 0.603. The Hall–Kier alpha value is -3.57. The first-order chi connectivity index (χ1) is 15.1. The van der Waals surface area contributed by atoms with Gasteiger partial charge in [-0.15, -0.1) is 0 Å². The van der Waals surface area contributed by atoms with Crippen LogP contribution in [-0.4, -0.2) is 23.2 Å². The summed E-state index contributed by atoms with van der Waals surface area (Å²) in [4.78, 5) is 15.3. The fourth-order valence-electron chi connectivity index (χ4n) is 4.07. The number of carbonyl (C=O) groups is 1. The third kappa shape index (κ3) is 3.27. The first-order valence-corrected chi connectivity index (χ1v) is 10.3. The Morgan fingerprint density at radius 2 is 1.77 bits per heavy atom. The molecule has 3 aromatic carbocycles. The lowest BCUT2D eigenvalue weighted by molar-refractivity contribution is 0.0988. The van der Waals surface area contributed by atoms with E-state index in [9.17, 15) is 4.79 Å². The van der Waals surface area contributed by atoms with Crippen molar-refractivity contribution in [3.63, 3.8) is 0 Å². The number of hydrogen-bond acceptors (Lipinski definition) is 3. The van der Waals surface area contributed by atoms with Crippen molar-refractivity contribution in [1.29, 1.82) is 0 Å². The lowest BCUT2D eigenvalue weighted by atomic mass is 9.95. The summed E-state index contributed by atoms with van der Waals surface area (Å²) < 4.78 is 5.45. The maximum absolute atomic E-state index is 13.5. The minimum atomic E-state index is -0.353. The Labute approximate surface area is 185 Å². The van der Waals surface area contributed by atoms with Crippen LogP contribution in [0.1, 0.15) is 33.2 Å². The van der Waals surface area contributed by atoms with E-state index in [1.807, 2.05) is 67.6 Å². The number of nitrogens with one attached hydrogen (secondary N) is 1. The van der Waals surface area contributed by atoms with E-state index in [0.717, 1.165) is 33.8 Å². The zero-order valence-corrected chi connectivity index (χ0v) is 17.9. The van der Waals surface area contributed by atoms with Crippen LogP contribution in [0.5, 0.6) is 5.75 Å². The molecule has 0 aliphatic carbocycles. The second-order valence-corrected chi connectivity index (χ2v) is 7.99. The van der Waals surface area contributed by atoms with Crippen LogP contribution in [0.15, 0.2) is 72.8 Å². The molecule has 1 aliphatic heterocycles. The molecule has 0 saturated carbocycles. The average Bonchev–Trinajstić information content (AvgIpc) is 3.34. The van der Waals surface area contributed by atoms with Crippen LogP contribution in [0.3, 0.4) is 0 Å². The number of hydrogen-bond donors (Lipinski definition) is 1. The van der Waals surface area contributed by atoms with Gasteiger partial charge in [0.25, 0.3) is 5.91 Å². The summed E-state index contributed by atoms with van der Waals surface area (Å²) in [6.07, 6.45) is 0. The molecule has 5 rings (SSSR count). The van der Waals surface area contributed by atoms with Crippen LogP contribution in [0, 0.1) is 6.92 Å². The second-order valence-electron chi connectivity index (χ2n) is 7.56. The van der Waals surface area contributed by atoms with E-state index in [-0.39, 0.29) is 11.9 Å². The Morgan fingerprint density at radius 1 is 1.03 bits per heavy atom. The molecule has 1 amide bonds. The van der Waals surface area contributed by atoms with Crippen LogP contribution in [0.25, 0.3) is 11.3 Å². The number of halogens is 1. The monoisotopic (exact) mass is 429 g/mol. The van der Waals surface area contributed by atoms with Crippen LogP contribution in [-0.2, 0) is 0 Å². The highest BCUT2D eigenvalue weighted by Crippen LogP contribution is 2.45. The van der Waals surface area contributed by atoms with Gasteiger partial charge in [-0.1, -0.05) is 53.6 Å². The quantitative estimate of drug-likeness (QED) is 0.446. The van der Waals surface area contributed by atoms with Gasteiger partial charge in [-0.25, -0.2) is 0 Å². The predicted octanol–water partition coefficient (Wildman–Crippen LogP) is 5.80. The van der Waals surface area contributed by atoms with E-state index in [2.05, 4.69) is 10.2 Å². The van der Waals surface area contributed by atoms with Crippen molar-refractivity contribution in [3.05, 3.63) is 100 Å². The molecule has 0 fully saturated rings. The highest BCUT2D eigenvalue weighted by molar-refractivity contribution is 6.30. The molecule has 4 aromatic rings. The van der Waals surface area contributed by atoms with Gasteiger partial charge in [0, 0.05) is 21.8 Å². The molecule has 5 nitrogen and oxygen atoms in total. The van der Waals surface area contributed by atoms with E-state index in [1.54, 1.807) is 24.1 Å². The van der Waals surface area contributed by atoms with Crippen molar-refractivity contribution in [2.24, 2.45) is 0 Å². The van der Waals surface area contributed by atoms with Crippen molar-refractivity contribution in [2.75, 3.05) is 12.0 Å². The molecule has 31 heavy (non-hydrogen) atoms. The summed E-state index contributed by atoms with van der Waals surface area (Å²) in [6.45, 7) is 2.05. The molecular weight excluding hydrogens is 410 g/mol. The molecule has 1 atom stereocenters. The summed E-state index contributed by atoms with van der Waals surface area (Å²) in [5, 5.41) is 8.13. The molecule has 1 aromatic heterocycles. The van der Waals surface area contributed by atoms with E-state index in [4.69, 9.17) is 16.3 Å². The lowest BCUT2D eigenvalue weighted by Crippen LogP contribution is -2.29. The minimum absolute atomic E-state index is 0.129. The van der Waals surface area contributed by atoms with E-state index in [0.29, 0.717) is 10.7 Å². The summed E-state index contributed by atoms with van der Waals surface area (Å²) in [5.41, 5.74) is 5.96. The molecule has 0 spiro atoms. The van der Waals surface area contributed by atoms with Gasteiger partial charge < -0.3 is 4.74 Å². The van der Waals surface area contributed by atoms with Gasteiger partial charge in [-0.2, -0.15) is 5.10 Å². The maximum Gasteiger partial charge on any atom is 0.277 e. The van der Waals surface area contributed by atoms with E-state index in [1.165, 1.54) is 5.56 Å². The maximum atomic E-state index is 13.5. The molecule has 6 heteroatoms. The van der Waals surface area contributed by atoms with Gasteiger partial charge in [0.1, 0.15) is 11.4 Å². The largest absolute Gasteiger partial charge is 0.497 e. The van der Waals surface area contributed by atoms with Gasteiger partial charge in [0.2, 0.25) is 0 Å². The molecule has 154 valence electrons. The molecule has 2 heterocycles. The number of nitrogens with zero attached hydrogens (tertiary/aromatic N) is 2. The molecule has 1 N–H and O–H groups in total. The van der Waals surface area contributed by atoms with Gasteiger partial charge in [-0.05, 0) is 48.9 Å². The van der Waals surface area contributed by atoms with Crippen LogP contribution < -0.4 is 9.64 Å². The smallest absolute Gasteiger partial charge is 0.277 e. The number of aromatic amines is 1. The second kappa shape index (κ2) is 7.60. The van der Waals surface area contributed by atoms with Gasteiger partial charge in [0.15, 0.2) is 0 Å². The first kappa shape index (κ1) is 19.4. The highest BCUT2D eigenvalue weighted by atomic mass is 35.5. The Bertz CT molecular complexity index is 1260. The topological polar surface area (TPSA) is 58.2 Å². The predicted molar refractivity (Wildman–Crippen MR) is 122 cm³/mol. The third-order valence-corrected chi connectivity index (χ3v) is 5.86. The third-order valence-electron chi connectivity index (χ3n) is 5.61. The normalized spacial score (nSPS) is 15.3. The van der Waals surface area contributed by atoms with Crippen molar-refractivity contribution in [3.8, 4) is 17.0 Å². The minimum Gasteiger partial charge on any atom is -0.497 e. The summed E-state index contributed by atoms with van der Waals surface area (Å²) in [6, 6.07) is 22.9. The van der Waals surface area contributed by atoms with Crippen molar-refractivity contribution >= 4 is 23.2 Å². The zero-order chi connectivity index (χ0) is 21.5. The highest BCUT2D eigenvalue weighted by Gasteiger charge is 2.43. The van der Waals surface area contributed by atoms with Gasteiger partial charge >= 0.3 is 0 Å². The molecule has 0 unspecified atom stereocenters. The number of carbonyl (C=O) groups excluding carboxylic acids is 1. The number of methoxy groups -OCH3 is 1. The standard InChI is InChI=1S/C25H20ClN3O2/c1-15-6-8-16(9-7-15)22-21-23(28-27-22)25(30)29(19-12-10-18(26)11-13-19)24(21)17-4-3-5-20(14-17)31-2/h3-14,24H,1-2H3,(H,27,28)/t24-/m1/s1. The van der Waals surface area contributed by atoms with Crippen molar-refractivity contribution in [2.45, 2.75) is 13.0 Å². The molecule has 0 bridgehead atoms. The van der Waals surface area contributed by atoms with Gasteiger partial charge in [-0.3, -0.25) is 14.8 Å². The number of fused-ring (bicyclic) bond motifs is 1. The number of rotatable bonds is 4. The molecule has 0 radical (unpaired) electrons. The molecule has 0 saturated heterocycles. The number of benzene rings is 3. The number of ether oxygens (including phenoxy) is 1. The Morgan fingerprint density at radius 3 is 2.48 bits per heavy atom. The number of anilines is 1. The zero-order valence-electron chi connectivity index (χ0n) is 17.1. The molecule has 1 aliphatic rings. The summed E-state index contributed by atoms with van der Waals surface area (Å²) >= 11 is 6.10. The fraction of sp³-hybridized carbons (Fsp3) is 0.120. The van der Waals surface area contributed by atoms with Crippen molar-refractivity contribution in [1.82, 2.24) is 10.2 Å². The van der Waals surface area contributed by atoms with Crippen LogP contribution in [0.2, 0.25) is 5.02 Å². The van der Waals surface area contributed by atoms with Crippen molar-refractivity contribution < 1.29 is 9.53 Å². The summed E-state index contributed by atoms with van der Waals surface area (Å²) in [7, 11) is 1.64. The van der Waals surface area contributed by atoms with E-state index >= 15 is 0 Å². The lowest BCUT2D eigenvalue weighted by Gasteiger charge is -2.26. The number of aromatic nitrogens is 2. The van der Waals surface area contributed by atoms with Crippen LogP contribution >= 0.6 is 11.6 Å². The van der Waals surface area contributed by atoms with Gasteiger partial charge in [0.05, 0.1) is 18.8 Å².